The number of carbonyl (C=O) groups excluding carboxylic acids is 2. The number of methoxy groups -OCH3 is 1. The lowest BCUT2D eigenvalue weighted by Gasteiger charge is -2.41. The van der Waals surface area contributed by atoms with Crippen molar-refractivity contribution in [3.8, 4) is 46.7 Å². The average Bonchev–Trinajstić information content (AvgIpc) is 0.786. The van der Waals surface area contributed by atoms with Gasteiger partial charge in [0.1, 0.15) is 17.3 Å². The molecule has 506 valence electrons. The number of Topliss-reactive ketones (excluding diaryl/α,β-unsaturated/α-hetero) is 2. The van der Waals surface area contributed by atoms with Gasteiger partial charge in [0.05, 0.1) is 31.8 Å². The van der Waals surface area contributed by atoms with Crippen molar-refractivity contribution in [3.05, 3.63) is 171 Å². The van der Waals surface area contributed by atoms with E-state index in [1.54, 1.807) is 24.3 Å². The Hall–Kier alpha value is -7.90. The maximum Gasteiger partial charge on any atom is 0.173 e. The highest BCUT2D eigenvalue weighted by Crippen LogP contribution is 2.52. The minimum Gasteiger partial charge on any atom is -0.508 e. The monoisotopic (exact) mass is 1300 g/mol. The largest absolute Gasteiger partial charge is 0.508 e. The van der Waals surface area contributed by atoms with Crippen LogP contribution in [0.2, 0.25) is 0 Å². The number of aromatic hydroxyl groups is 3. The lowest BCUT2D eigenvalue weighted by Crippen LogP contribution is -2.40. The number of benzene rings is 5. The molecule has 0 amide bonds. The maximum atomic E-state index is 15.8. The number of aromatic nitrogens is 1. The number of dihydropyridines is 1. The van der Waals surface area contributed by atoms with E-state index in [1.807, 2.05) is 61.8 Å². The number of hydrogen-bond donors (Lipinski definition) is 13. The predicted octanol–water partition coefficient (Wildman–Crippen LogP) is 9.56. The van der Waals surface area contributed by atoms with Crippen LogP contribution in [0, 0.1) is 82.9 Å². The van der Waals surface area contributed by atoms with E-state index in [0.29, 0.717) is 105 Å². The number of anilines is 1. The zero-order valence-electron chi connectivity index (χ0n) is 55.7. The summed E-state index contributed by atoms with van der Waals surface area (Å²) in [4.78, 5) is 34.0. The first kappa shape index (κ1) is 68.1. The van der Waals surface area contributed by atoms with Crippen molar-refractivity contribution >= 4 is 28.0 Å². The zero-order valence-corrected chi connectivity index (χ0v) is 55.7. The van der Waals surface area contributed by atoms with Gasteiger partial charge in [0.15, 0.2) is 29.2 Å². The summed E-state index contributed by atoms with van der Waals surface area (Å²) in [6.07, 6.45) is 7.29. The van der Waals surface area contributed by atoms with Crippen LogP contribution in [0.5, 0.6) is 23.0 Å². The van der Waals surface area contributed by atoms with Gasteiger partial charge in [0, 0.05) is 110 Å². The molecule has 0 saturated heterocycles. The lowest BCUT2D eigenvalue weighted by molar-refractivity contribution is -0.142. The summed E-state index contributed by atoms with van der Waals surface area (Å²) in [5, 5.41) is 110. The lowest BCUT2D eigenvalue weighted by atomic mass is 9.63. The molecule has 6 aromatic rings. The number of ketones is 2. The number of β-amino-alcohol motifs (C(OH)–C–C–N with tert-alkyl or cyclic N) is 1. The molecule has 96 heavy (non-hydrogen) atoms. The smallest absolute Gasteiger partial charge is 0.173 e. The topological polar surface area (TPSA) is 269 Å². The van der Waals surface area contributed by atoms with Gasteiger partial charge in [-0.1, -0.05) is 105 Å². The van der Waals surface area contributed by atoms with Crippen LogP contribution in [0.25, 0.3) is 10.8 Å². The van der Waals surface area contributed by atoms with Crippen molar-refractivity contribution in [3.63, 3.8) is 0 Å². The molecule has 16 heteroatoms. The van der Waals surface area contributed by atoms with Crippen LogP contribution >= 0.6 is 0 Å². The van der Waals surface area contributed by atoms with Crippen molar-refractivity contribution in [1.82, 2.24) is 20.9 Å². The number of carbonyl (C=O) groups is 2. The number of fused-ring (bicyclic) bond motifs is 15. The Kier molecular flexibility index (Phi) is 21.4. The van der Waals surface area contributed by atoms with Crippen LogP contribution in [-0.2, 0) is 41.9 Å². The highest BCUT2D eigenvalue weighted by Gasteiger charge is 2.47. The summed E-state index contributed by atoms with van der Waals surface area (Å²) in [5.41, 5.74) is 8.68. The van der Waals surface area contributed by atoms with Gasteiger partial charge >= 0.3 is 0 Å². The van der Waals surface area contributed by atoms with E-state index in [2.05, 4.69) is 94.1 Å². The standard InChI is InChI=1S/C80H95N5O11/c1-5-9-63-55-28-56-27-49-19-22-65(67-38-74(92)75(96-4)34-50(67)20-23-72(90)80(95)79(94)68(49)33-55)64-12-7-6-11-62(64)54-26-48(66(58(29-54)43-86)32-47-10-8-13-71(89)70(47)44-87)15-17-53(40-81-3)77(56)51-24-25-83-76(35-51)85-59-21-18-46-14-16-52(78(93)69(46)36-59)31-61(88)42-82-39-45(2)57-30-60(84-41-57)37-73(63)91/h6-8,10-14,16,18,21,24,30,34-36,38,41,45,48-49,53-56,58,61,63,65-66,68,73,77,80-89,91-93,95H,5,9,20,23,25-29,31-33,37,39-40,42-44H2,1-4H3/t45-,48+,49+,53-,54+,55+,56-,58+,61-,63+,65-,66-,68-,73-,77+,80+/m1/s1. The van der Waals surface area contributed by atoms with E-state index < -0.39 is 53.6 Å². The van der Waals surface area contributed by atoms with Gasteiger partial charge in [-0.2, -0.15) is 0 Å². The number of aryl methyl sites for hydroxylation is 1. The van der Waals surface area contributed by atoms with Gasteiger partial charge in [0.2, 0.25) is 0 Å². The summed E-state index contributed by atoms with van der Waals surface area (Å²) in [7, 11) is 3.40. The van der Waals surface area contributed by atoms with E-state index in [0.717, 1.165) is 51.0 Å². The normalized spacial score (nSPS) is 29.5. The Morgan fingerprint density at radius 1 is 0.760 bits per heavy atom. The average molecular weight is 1300 g/mol. The number of hydrogen-bond acceptors (Lipinski definition) is 15. The third kappa shape index (κ3) is 14.5. The van der Waals surface area contributed by atoms with E-state index in [4.69, 9.17) is 4.74 Å². The Morgan fingerprint density at radius 3 is 2.36 bits per heavy atom. The fourth-order valence-electron chi connectivity index (χ4n) is 17.4. The van der Waals surface area contributed by atoms with E-state index in [9.17, 15) is 45.6 Å². The zero-order chi connectivity index (χ0) is 67.3. The summed E-state index contributed by atoms with van der Waals surface area (Å²) in [5.74, 6) is 10.3. The number of aliphatic hydroxyl groups is 5. The van der Waals surface area contributed by atoms with Gasteiger partial charge < -0.3 is 71.8 Å². The fraction of sp³-hybridized carbons (Fsp3) is 0.475. The molecule has 2 saturated carbocycles. The molecule has 2 aliphatic heterocycles. The highest BCUT2D eigenvalue weighted by atomic mass is 16.5. The number of rotatable bonds is 9. The Morgan fingerprint density at radius 2 is 1.57 bits per heavy atom. The van der Waals surface area contributed by atoms with Crippen LogP contribution < -0.4 is 26.0 Å². The molecule has 13 N–H and O–H groups in total. The molecule has 1 aromatic heterocycles. The number of allylic oxidation sites excluding steroid dienone is 2. The second-order valence-electron chi connectivity index (χ2n) is 28.3. The van der Waals surface area contributed by atoms with E-state index >= 15 is 4.79 Å². The fourth-order valence-corrected chi connectivity index (χ4v) is 17.4. The summed E-state index contributed by atoms with van der Waals surface area (Å²) < 4.78 is 5.72. The number of phenols is 3. The first-order valence-electron chi connectivity index (χ1n) is 34.9. The predicted molar refractivity (Wildman–Crippen MR) is 372 cm³/mol. The van der Waals surface area contributed by atoms with Crippen molar-refractivity contribution in [2.45, 2.75) is 134 Å². The molecule has 16 nitrogen and oxygen atoms in total. The first-order chi connectivity index (χ1) is 46.5. The highest BCUT2D eigenvalue weighted by molar-refractivity contribution is 6.06. The number of aliphatic hydroxyl groups excluding tert-OH is 5. The SMILES string of the molecule is CCC[C@H]1[C@H]2C[C@H]3C[C@@H]4C#C[C@@H](c5cc(O)c(OC)cc5CCC(=O)[C@H](O)C(=O)[C@@H]4C2)c2ccccc2[C@@H]2C[C@@H](CO)[C@H](Cc4cccc(O)c4CO)[C@@H](C#C[C@H](CNC)[C@@H]3C3=CCNC(=C3)Nc3ccc4ccc(c(O)c4c3)C[C@@H](O)CNC[C@@H](C)c3c[nH]c(c3)C[C@H]1O)C2. The molecule has 3 heterocycles. The first-order valence-corrected chi connectivity index (χ1v) is 34.9. The molecular weight excluding hydrogens is 1210 g/mol. The molecule has 4 aliphatic carbocycles. The Labute approximate surface area is 564 Å². The molecule has 13 bridgehead atoms. The van der Waals surface area contributed by atoms with Crippen molar-refractivity contribution in [2.75, 3.05) is 52.3 Å². The molecule has 5 aromatic carbocycles. The van der Waals surface area contributed by atoms with Crippen molar-refractivity contribution < 1.29 is 55.2 Å². The van der Waals surface area contributed by atoms with E-state index in [1.165, 1.54) is 7.11 Å². The number of nitrogens with one attached hydrogen (secondary N) is 5. The van der Waals surface area contributed by atoms with Crippen molar-refractivity contribution in [2.24, 2.45) is 59.2 Å². The maximum absolute atomic E-state index is 15.8. The second-order valence-corrected chi connectivity index (χ2v) is 28.3. The number of phenolic OH excluding ortho intramolecular Hbond substituents is 2. The minimum atomic E-state index is -1.95. The summed E-state index contributed by atoms with van der Waals surface area (Å²) >= 11 is 0. The number of aromatic amines is 1. The number of ether oxygens (including phenoxy) is 1. The summed E-state index contributed by atoms with van der Waals surface area (Å²) in [6, 6.07) is 28.8. The second kappa shape index (κ2) is 30.2. The van der Waals surface area contributed by atoms with Crippen molar-refractivity contribution in [1.29, 1.82) is 0 Å². The number of H-pyrrole nitrogens is 1. The van der Waals surface area contributed by atoms with Gasteiger partial charge in [-0.3, -0.25) is 9.59 Å². The third-order valence-corrected chi connectivity index (χ3v) is 22.3. The quantitative estimate of drug-likeness (QED) is 0.0475. The molecule has 12 rings (SSSR count). The van der Waals surface area contributed by atoms with Gasteiger partial charge in [0.25, 0.3) is 0 Å². The minimum absolute atomic E-state index is 0.00373. The molecule has 16 atom stereocenters. The molecule has 0 radical (unpaired) electrons. The van der Waals surface area contributed by atoms with E-state index in [-0.39, 0.29) is 115 Å². The Balaban J connectivity index is 1.10. The van der Waals surface area contributed by atoms with Gasteiger partial charge in [-0.05, 0) is 192 Å². The van der Waals surface area contributed by atoms with Crippen LogP contribution in [0.3, 0.4) is 0 Å². The van der Waals surface area contributed by atoms with Crippen LogP contribution in [-0.4, -0.2) is 123 Å². The third-order valence-electron chi connectivity index (χ3n) is 22.3. The van der Waals surface area contributed by atoms with Crippen LogP contribution in [0.4, 0.5) is 5.69 Å². The van der Waals surface area contributed by atoms with Crippen LogP contribution in [0.1, 0.15) is 133 Å². The molecule has 2 fully saturated rings. The molecule has 0 spiro atoms. The van der Waals surface area contributed by atoms with Gasteiger partial charge in [-0.25, -0.2) is 0 Å². The Bertz CT molecular complexity index is 4000. The summed E-state index contributed by atoms with van der Waals surface area (Å²) in [6.45, 7) is 5.46. The van der Waals surface area contributed by atoms with Gasteiger partial charge in [-0.15, -0.1) is 0 Å². The van der Waals surface area contributed by atoms with Crippen LogP contribution in [0.15, 0.2) is 121 Å². The molecular formula is C80H95N5O11. The molecule has 0 unspecified atom stereocenters. The molecule has 6 aliphatic rings.